The monoisotopic (exact) mass is 356 g/mol. The zero-order valence-electron chi connectivity index (χ0n) is 16.0. The third kappa shape index (κ3) is 2.91. The van der Waals surface area contributed by atoms with Gasteiger partial charge in [-0.3, -0.25) is 4.98 Å². The number of aryl methyl sites for hydroxylation is 2. The molecule has 0 amide bonds. The number of furan rings is 1. The van der Waals surface area contributed by atoms with Crippen molar-refractivity contribution in [2.75, 3.05) is 0 Å². The van der Waals surface area contributed by atoms with E-state index in [4.69, 9.17) is 9.40 Å². The van der Waals surface area contributed by atoms with Crippen LogP contribution in [0.1, 0.15) is 42.5 Å². The van der Waals surface area contributed by atoms with Crippen LogP contribution in [0.2, 0.25) is 0 Å². The van der Waals surface area contributed by atoms with Crippen molar-refractivity contribution in [2.24, 2.45) is 5.92 Å². The number of benzene rings is 1. The Morgan fingerprint density at radius 1 is 1.04 bits per heavy atom. The summed E-state index contributed by atoms with van der Waals surface area (Å²) in [7, 11) is 0. The molecule has 4 aromatic rings. The maximum absolute atomic E-state index is 6.15. The Labute approximate surface area is 159 Å². The molecule has 1 saturated carbocycles. The van der Waals surface area contributed by atoms with E-state index in [0.717, 1.165) is 45.6 Å². The number of hydrogen-bond acceptors (Lipinski definition) is 3. The summed E-state index contributed by atoms with van der Waals surface area (Å²) in [5.74, 6) is 0.837. The maximum atomic E-state index is 6.15. The van der Waals surface area contributed by atoms with Crippen molar-refractivity contribution in [1.29, 1.82) is 0 Å². The van der Waals surface area contributed by atoms with Gasteiger partial charge in [-0.1, -0.05) is 37.8 Å². The van der Waals surface area contributed by atoms with Crippen LogP contribution in [-0.2, 0) is 6.42 Å². The molecule has 1 aromatic carbocycles. The Balaban J connectivity index is 1.58. The Hall–Kier alpha value is -2.68. The number of nitrogens with zero attached hydrogens (tertiary/aromatic N) is 2. The van der Waals surface area contributed by atoms with E-state index in [9.17, 15) is 0 Å². The van der Waals surface area contributed by atoms with E-state index in [-0.39, 0.29) is 0 Å². The lowest BCUT2D eigenvalue weighted by molar-refractivity contribution is 0.544. The molecule has 3 nitrogen and oxygen atoms in total. The number of hydrogen-bond donors (Lipinski definition) is 0. The minimum atomic E-state index is 0.701. The van der Waals surface area contributed by atoms with Crippen molar-refractivity contribution in [3.63, 3.8) is 0 Å². The number of pyridine rings is 2. The van der Waals surface area contributed by atoms with Crippen LogP contribution in [0.3, 0.4) is 0 Å². The third-order valence-corrected chi connectivity index (χ3v) is 5.98. The number of rotatable bonds is 3. The molecule has 3 aromatic heterocycles. The minimum Gasteiger partial charge on any atom is -0.437 e. The lowest BCUT2D eigenvalue weighted by Crippen LogP contribution is -2.02. The lowest BCUT2D eigenvalue weighted by atomic mass is 9.95. The molecule has 0 bridgehead atoms. The van der Waals surface area contributed by atoms with Crippen molar-refractivity contribution in [2.45, 2.75) is 46.0 Å². The van der Waals surface area contributed by atoms with Crippen LogP contribution in [0, 0.1) is 19.8 Å². The van der Waals surface area contributed by atoms with Gasteiger partial charge in [-0.05, 0) is 61.6 Å². The van der Waals surface area contributed by atoms with Crippen LogP contribution < -0.4 is 0 Å². The van der Waals surface area contributed by atoms with E-state index >= 15 is 0 Å². The molecule has 1 fully saturated rings. The average Bonchev–Trinajstić information content (AvgIpc) is 3.30. The molecule has 3 heteroatoms. The van der Waals surface area contributed by atoms with Gasteiger partial charge in [-0.2, -0.15) is 0 Å². The van der Waals surface area contributed by atoms with Gasteiger partial charge < -0.3 is 4.42 Å². The average molecular weight is 356 g/mol. The fourth-order valence-electron chi connectivity index (χ4n) is 4.44. The standard InChI is InChI=1S/C24H24N2O/c1-15-12-22(25-14-18(15)13-17-6-3-4-7-17)21-9-5-8-19-20-11-10-16(2)26-24(20)27-23(19)21/h5,8-12,14,17H,3-4,6-7,13H2,1-2H3. The normalized spacial score (nSPS) is 15.2. The molecule has 0 unspecified atom stereocenters. The second-order valence-electron chi connectivity index (χ2n) is 7.94. The van der Waals surface area contributed by atoms with Gasteiger partial charge in [-0.25, -0.2) is 4.98 Å². The van der Waals surface area contributed by atoms with Crippen molar-refractivity contribution in [3.05, 3.63) is 59.4 Å². The van der Waals surface area contributed by atoms with Crippen molar-refractivity contribution in [1.82, 2.24) is 9.97 Å². The smallest absolute Gasteiger partial charge is 0.227 e. The number of aromatic nitrogens is 2. The number of para-hydroxylation sites is 1. The molecule has 1 aliphatic carbocycles. The molecule has 5 rings (SSSR count). The Morgan fingerprint density at radius 3 is 2.70 bits per heavy atom. The topological polar surface area (TPSA) is 38.9 Å². The first kappa shape index (κ1) is 16.5. The molecule has 0 saturated heterocycles. The maximum Gasteiger partial charge on any atom is 0.227 e. The van der Waals surface area contributed by atoms with Crippen LogP contribution in [0.4, 0.5) is 0 Å². The van der Waals surface area contributed by atoms with Crippen molar-refractivity contribution in [3.8, 4) is 11.3 Å². The zero-order chi connectivity index (χ0) is 18.4. The quantitative estimate of drug-likeness (QED) is 0.427. The zero-order valence-corrected chi connectivity index (χ0v) is 16.0. The molecule has 0 spiro atoms. The van der Waals surface area contributed by atoms with Crippen molar-refractivity contribution < 1.29 is 4.42 Å². The van der Waals surface area contributed by atoms with Crippen LogP contribution in [0.5, 0.6) is 0 Å². The van der Waals surface area contributed by atoms with Gasteiger partial charge >= 0.3 is 0 Å². The summed E-state index contributed by atoms with van der Waals surface area (Å²) in [6, 6.07) is 12.6. The fourth-order valence-corrected chi connectivity index (χ4v) is 4.44. The van der Waals surface area contributed by atoms with Gasteiger partial charge in [-0.15, -0.1) is 0 Å². The molecule has 1 aliphatic rings. The molecule has 0 radical (unpaired) electrons. The highest BCUT2D eigenvalue weighted by Gasteiger charge is 2.18. The van der Waals surface area contributed by atoms with Gasteiger partial charge in [0, 0.05) is 28.2 Å². The summed E-state index contributed by atoms with van der Waals surface area (Å²) < 4.78 is 6.15. The summed E-state index contributed by atoms with van der Waals surface area (Å²) >= 11 is 0. The Morgan fingerprint density at radius 2 is 1.89 bits per heavy atom. The van der Waals surface area contributed by atoms with Crippen LogP contribution >= 0.6 is 0 Å². The second-order valence-corrected chi connectivity index (χ2v) is 7.94. The first-order valence-electron chi connectivity index (χ1n) is 9.94. The van der Waals surface area contributed by atoms with E-state index in [0.29, 0.717) is 5.71 Å². The molecule has 3 heterocycles. The molecule has 0 atom stereocenters. The Kier molecular flexibility index (Phi) is 3.96. The summed E-state index contributed by atoms with van der Waals surface area (Å²) in [6.45, 7) is 4.20. The van der Waals surface area contributed by atoms with E-state index in [1.807, 2.05) is 13.0 Å². The van der Waals surface area contributed by atoms with E-state index in [2.05, 4.69) is 48.4 Å². The molecule has 0 N–H and O–H groups in total. The molecule has 136 valence electrons. The molecular formula is C24H24N2O. The largest absolute Gasteiger partial charge is 0.437 e. The summed E-state index contributed by atoms with van der Waals surface area (Å²) in [5.41, 5.74) is 7.28. The van der Waals surface area contributed by atoms with Crippen molar-refractivity contribution >= 4 is 22.1 Å². The van der Waals surface area contributed by atoms with Gasteiger partial charge in [0.2, 0.25) is 5.71 Å². The predicted molar refractivity (Wildman–Crippen MR) is 110 cm³/mol. The Bertz CT molecular complexity index is 1140. The van der Waals surface area contributed by atoms with E-state index in [1.165, 1.54) is 36.8 Å². The minimum absolute atomic E-state index is 0.701. The number of fused-ring (bicyclic) bond motifs is 3. The van der Waals surface area contributed by atoms with Gasteiger partial charge in [0.1, 0.15) is 5.58 Å². The fraction of sp³-hybridized carbons (Fsp3) is 0.333. The van der Waals surface area contributed by atoms with E-state index in [1.54, 1.807) is 0 Å². The van der Waals surface area contributed by atoms with Crippen LogP contribution in [0.25, 0.3) is 33.3 Å². The SMILES string of the molecule is Cc1ccc2c(n1)oc1c(-c3cc(C)c(CC4CCCC4)cn3)cccc12. The predicted octanol–water partition coefficient (Wildman–Crippen LogP) is 6.39. The third-order valence-electron chi connectivity index (χ3n) is 5.98. The first-order valence-corrected chi connectivity index (χ1v) is 9.94. The molecular weight excluding hydrogens is 332 g/mol. The summed E-state index contributed by atoms with van der Waals surface area (Å²) in [4.78, 5) is 9.36. The van der Waals surface area contributed by atoms with Gasteiger partial charge in [0.15, 0.2) is 0 Å². The molecule has 27 heavy (non-hydrogen) atoms. The molecule has 0 aliphatic heterocycles. The highest BCUT2D eigenvalue weighted by molar-refractivity contribution is 6.08. The van der Waals surface area contributed by atoms with Gasteiger partial charge in [0.05, 0.1) is 5.69 Å². The van der Waals surface area contributed by atoms with E-state index < -0.39 is 0 Å². The van der Waals surface area contributed by atoms with Gasteiger partial charge in [0.25, 0.3) is 0 Å². The van der Waals surface area contributed by atoms with Crippen LogP contribution in [0.15, 0.2) is 47.0 Å². The summed E-state index contributed by atoms with van der Waals surface area (Å²) in [6.07, 6.45) is 8.75. The first-order chi connectivity index (χ1) is 13.2. The van der Waals surface area contributed by atoms with Crippen LogP contribution in [-0.4, -0.2) is 9.97 Å². The summed E-state index contributed by atoms with van der Waals surface area (Å²) in [5, 5.41) is 2.16. The second kappa shape index (κ2) is 6.49. The lowest BCUT2D eigenvalue weighted by Gasteiger charge is -2.12. The highest BCUT2D eigenvalue weighted by atomic mass is 16.3. The highest BCUT2D eigenvalue weighted by Crippen LogP contribution is 2.35.